The van der Waals surface area contributed by atoms with Gasteiger partial charge in [0, 0.05) is 18.3 Å². The summed E-state index contributed by atoms with van der Waals surface area (Å²) in [6, 6.07) is 13.0. The van der Waals surface area contributed by atoms with Gasteiger partial charge in [0.1, 0.15) is 0 Å². The number of non-ortho nitro benzene ring substituents is 2. The lowest BCUT2D eigenvalue weighted by Crippen LogP contribution is -2.11. The SMILES string of the molecule is CCOc1cc(/C=C/c2ccccn2)ccc1OC(=O)c1cc([N+](=O)[O-])cc([N+](=O)[O-])c1. The summed E-state index contributed by atoms with van der Waals surface area (Å²) in [6.07, 6.45) is 5.28. The molecule has 10 heteroatoms. The Kier molecular flexibility index (Phi) is 6.86. The van der Waals surface area contributed by atoms with Gasteiger partial charge in [0.15, 0.2) is 11.5 Å². The summed E-state index contributed by atoms with van der Waals surface area (Å²) >= 11 is 0. The summed E-state index contributed by atoms with van der Waals surface area (Å²) in [4.78, 5) is 37.2. The van der Waals surface area contributed by atoms with Gasteiger partial charge in [-0.15, -0.1) is 0 Å². The van der Waals surface area contributed by atoms with E-state index in [1.807, 2.05) is 18.2 Å². The molecule has 3 aromatic rings. The van der Waals surface area contributed by atoms with Crippen molar-refractivity contribution in [3.05, 3.63) is 97.8 Å². The molecule has 2 aromatic carbocycles. The molecule has 0 aliphatic rings. The summed E-state index contributed by atoms with van der Waals surface area (Å²) < 4.78 is 10.9. The summed E-state index contributed by atoms with van der Waals surface area (Å²) in [7, 11) is 0. The topological polar surface area (TPSA) is 135 Å². The van der Waals surface area contributed by atoms with Crippen molar-refractivity contribution < 1.29 is 24.1 Å². The molecular formula is C22H17N3O7. The highest BCUT2D eigenvalue weighted by atomic mass is 16.6. The standard InChI is InChI=1S/C22H17N3O7/c1-2-31-21-11-15(6-8-17-5-3-4-10-23-17)7-9-20(21)32-22(26)16-12-18(24(27)28)14-19(13-16)25(29)30/h3-14H,2H2,1H3/b8-6+. The van der Waals surface area contributed by atoms with Gasteiger partial charge in [-0.1, -0.05) is 18.2 Å². The number of nitro groups is 2. The molecule has 0 radical (unpaired) electrons. The molecule has 0 saturated carbocycles. The second-order valence-electron chi connectivity index (χ2n) is 6.37. The predicted molar refractivity (Wildman–Crippen MR) is 115 cm³/mol. The molecule has 0 spiro atoms. The van der Waals surface area contributed by atoms with Gasteiger partial charge >= 0.3 is 5.97 Å². The minimum absolute atomic E-state index is 0.0704. The largest absolute Gasteiger partial charge is 0.490 e. The van der Waals surface area contributed by atoms with Gasteiger partial charge < -0.3 is 9.47 Å². The second kappa shape index (κ2) is 9.94. The van der Waals surface area contributed by atoms with Gasteiger partial charge in [0.25, 0.3) is 11.4 Å². The zero-order chi connectivity index (χ0) is 23.1. The van der Waals surface area contributed by atoms with E-state index in [1.165, 1.54) is 6.07 Å². The Bertz CT molecular complexity index is 1160. The van der Waals surface area contributed by atoms with Crippen molar-refractivity contribution in [2.45, 2.75) is 6.92 Å². The molecule has 32 heavy (non-hydrogen) atoms. The van der Waals surface area contributed by atoms with Crippen molar-refractivity contribution in [2.75, 3.05) is 6.61 Å². The first-order valence-electron chi connectivity index (χ1n) is 9.39. The highest BCUT2D eigenvalue weighted by Gasteiger charge is 2.22. The minimum atomic E-state index is -0.991. The van der Waals surface area contributed by atoms with Crippen molar-refractivity contribution in [3.8, 4) is 11.5 Å². The van der Waals surface area contributed by atoms with E-state index in [1.54, 1.807) is 37.4 Å². The molecule has 0 N–H and O–H groups in total. The molecule has 0 aliphatic heterocycles. The first kappa shape index (κ1) is 22.1. The van der Waals surface area contributed by atoms with E-state index in [4.69, 9.17) is 9.47 Å². The van der Waals surface area contributed by atoms with Crippen LogP contribution in [-0.4, -0.2) is 27.4 Å². The fourth-order valence-corrected chi connectivity index (χ4v) is 2.72. The molecule has 1 heterocycles. The molecule has 0 aliphatic carbocycles. The Balaban J connectivity index is 1.88. The highest BCUT2D eigenvalue weighted by Crippen LogP contribution is 2.31. The third kappa shape index (κ3) is 5.51. The van der Waals surface area contributed by atoms with E-state index in [-0.39, 0.29) is 17.1 Å². The average molecular weight is 435 g/mol. The third-order valence-electron chi connectivity index (χ3n) is 4.16. The smallest absolute Gasteiger partial charge is 0.344 e. The van der Waals surface area contributed by atoms with Crippen LogP contribution in [0.25, 0.3) is 12.2 Å². The Morgan fingerprint density at radius 3 is 2.28 bits per heavy atom. The van der Waals surface area contributed by atoms with E-state index in [0.717, 1.165) is 29.5 Å². The maximum Gasteiger partial charge on any atom is 0.344 e. The van der Waals surface area contributed by atoms with Gasteiger partial charge in [-0.05, 0) is 42.8 Å². The van der Waals surface area contributed by atoms with Gasteiger partial charge in [0.2, 0.25) is 0 Å². The van der Waals surface area contributed by atoms with Crippen LogP contribution < -0.4 is 9.47 Å². The number of benzene rings is 2. The predicted octanol–water partition coefficient (Wildman–Crippen LogP) is 4.69. The summed E-state index contributed by atoms with van der Waals surface area (Å²) in [5, 5.41) is 22.1. The molecule has 0 unspecified atom stereocenters. The Labute approximate surface area is 182 Å². The van der Waals surface area contributed by atoms with Crippen LogP contribution in [-0.2, 0) is 0 Å². The number of esters is 1. The van der Waals surface area contributed by atoms with Crippen LogP contribution in [0.2, 0.25) is 0 Å². The fourth-order valence-electron chi connectivity index (χ4n) is 2.72. The summed E-state index contributed by atoms with van der Waals surface area (Å²) in [6.45, 7) is 2.05. The van der Waals surface area contributed by atoms with E-state index < -0.39 is 27.2 Å². The van der Waals surface area contributed by atoms with Crippen LogP contribution in [0.15, 0.2) is 60.8 Å². The van der Waals surface area contributed by atoms with Gasteiger partial charge in [-0.25, -0.2) is 4.79 Å². The normalized spacial score (nSPS) is 10.7. The van der Waals surface area contributed by atoms with Gasteiger partial charge in [0.05, 0.1) is 33.8 Å². The van der Waals surface area contributed by atoms with Gasteiger partial charge in [-0.3, -0.25) is 25.2 Å². The van der Waals surface area contributed by atoms with Crippen LogP contribution in [0.4, 0.5) is 11.4 Å². The number of hydrogen-bond acceptors (Lipinski definition) is 8. The lowest BCUT2D eigenvalue weighted by Gasteiger charge is -2.11. The molecule has 3 rings (SSSR count). The monoisotopic (exact) mass is 435 g/mol. The first-order valence-corrected chi connectivity index (χ1v) is 9.39. The number of nitrogens with zero attached hydrogens (tertiary/aromatic N) is 3. The third-order valence-corrected chi connectivity index (χ3v) is 4.16. The molecular weight excluding hydrogens is 418 g/mol. The molecule has 1 aromatic heterocycles. The van der Waals surface area contributed by atoms with Gasteiger partial charge in [-0.2, -0.15) is 0 Å². The molecule has 0 amide bonds. The van der Waals surface area contributed by atoms with Crippen LogP contribution in [0.3, 0.4) is 0 Å². The van der Waals surface area contributed by atoms with Crippen molar-refractivity contribution in [1.82, 2.24) is 4.98 Å². The van der Waals surface area contributed by atoms with E-state index in [0.29, 0.717) is 6.61 Å². The highest BCUT2D eigenvalue weighted by molar-refractivity contribution is 5.93. The number of carbonyl (C=O) groups is 1. The zero-order valence-electron chi connectivity index (χ0n) is 16.8. The molecule has 10 nitrogen and oxygen atoms in total. The Morgan fingerprint density at radius 2 is 1.69 bits per heavy atom. The Hall–Kier alpha value is -4.60. The summed E-state index contributed by atoms with van der Waals surface area (Å²) in [5.74, 6) is -0.653. The maximum absolute atomic E-state index is 12.6. The number of aromatic nitrogens is 1. The van der Waals surface area contributed by atoms with Crippen LogP contribution in [0, 0.1) is 20.2 Å². The maximum atomic E-state index is 12.6. The number of hydrogen-bond donors (Lipinski definition) is 0. The second-order valence-corrected chi connectivity index (χ2v) is 6.37. The number of rotatable bonds is 8. The molecule has 0 atom stereocenters. The van der Waals surface area contributed by atoms with E-state index in [2.05, 4.69) is 4.98 Å². The quantitative estimate of drug-likeness (QED) is 0.215. The molecule has 0 fully saturated rings. The fraction of sp³-hybridized carbons (Fsp3) is 0.0909. The molecule has 0 saturated heterocycles. The molecule has 162 valence electrons. The lowest BCUT2D eigenvalue weighted by atomic mass is 10.1. The first-order chi connectivity index (χ1) is 15.4. The average Bonchev–Trinajstić information content (AvgIpc) is 2.79. The van der Waals surface area contributed by atoms with Crippen molar-refractivity contribution in [3.63, 3.8) is 0 Å². The number of pyridine rings is 1. The van der Waals surface area contributed by atoms with E-state index in [9.17, 15) is 25.0 Å². The van der Waals surface area contributed by atoms with Crippen LogP contribution >= 0.6 is 0 Å². The molecule has 0 bridgehead atoms. The minimum Gasteiger partial charge on any atom is -0.490 e. The van der Waals surface area contributed by atoms with Crippen molar-refractivity contribution in [1.29, 1.82) is 0 Å². The van der Waals surface area contributed by atoms with Crippen molar-refractivity contribution >= 4 is 29.5 Å². The lowest BCUT2D eigenvalue weighted by molar-refractivity contribution is -0.394. The van der Waals surface area contributed by atoms with Crippen molar-refractivity contribution in [2.24, 2.45) is 0 Å². The van der Waals surface area contributed by atoms with Crippen LogP contribution in [0.5, 0.6) is 11.5 Å². The number of carbonyl (C=O) groups excluding carboxylic acids is 1. The van der Waals surface area contributed by atoms with E-state index >= 15 is 0 Å². The summed E-state index contributed by atoms with van der Waals surface area (Å²) in [5.41, 5.74) is 0.00275. The Morgan fingerprint density at radius 1 is 0.969 bits per heavy atom. The zero-order valence-corrected chi connectivity index (χ0v) is 16.8. The number of ether oxygens (including phenoxy) is 2. The van der Waals surface area contributed by atoms with Crippen LogP contribution in [0.1, 0.15) is 28.5 Å². The number of nitro benzene ring substituents is 2.